The molecule has 0 saturated heterocycles. The summed E-state index contributed by atoms with van der Waals surface area (Å²) in [4.78, 5) is 11.5. The van der Waals surface area contributed by atoms with E-state index in [2.05, 4.69) is 0 Å². The van der Waals surface area contributed by atoms with Crippen molar-refractivity contribution < 1.29 is 22.7 Å². The predicted octanol–water partition coefficient (Wildman–Crippen LogP) is 1.81. The maximum Gasteiger partial charge on any atom is 0.307 e. The molecule has 1 unspecified atom stereocenters. The van der Waals surface area contributed by atoms with Gasteiger partial charge in [0.25, 0.3) is 0 Å². The Morgan fingerprint density at radius 1 is 1.32 bits per heavy atom. The third kappa shape index (κ3) is 3.70. The fourth-order valence-electron chi connectivity index (χ4n) is 1.63. The lowest BCUT2D eigenvalue weighted by Gasteiger charge is -2.14. The summed E-state index contributed by atoms with van der Waals surface area (Å²) in [5.41, 5.74) is 0. The standard InChI is InChI=1S/C13H18O5S/c1-4-18-13(14)9-10(2)19(15,16)12-8-6-5-7-11(12)17-3/h5-8,10H,4,9H2,1-3H3. The van der Waals surface area contributed by atoms with E-state index in [4.69, 9.17) is 9.47 Å². The number of benzene rings is 1. The first-order valence-electron chi connectivity index (χ1n) is 5.96. The van der Waals surface area contributed by atoms with Crippen LogP contribution in [0.4, 0.5) is 0 Å². The molecule has 0 aromatic heterocycles. The molecule has 6 heteroatoms. The number of hydrogen-bond acceptors (Lipinski definition) is 5. The molecule has 0 N–H and O–H groups in total. The summed E-state index contributed by atoms with van der Waals surface area (Å²) >= 11 is 0. The van der Waals surface area contributed by atoms with Crippen LogP contribution >= 0.6 is 0 Å². The maximum atomic E-state index is 12.4. The number of carbonyl (C=O) groups is 1. The minimum absolute atomic E-state index is 0.0919. The molecule has 0 aliphatic rings. The second kappa shape index (κ2) is 6.56. The molecule has 0 spiro atoms. The number of sulfone groups is 1. The molecule has 0 aliphatic carbocycles. The molecule has 0 heterocycles. The van der Waals surface area contributed by atoms with Crippen molar-refractivity contribution in [2.24, 2.45) is 0 Å². The van der Waals surface area contributed by atoms with Crippen LogP contribution < -0.4 is 4.74 Å². The molecular formula is C13H18O5S. The number of methoxy groups -OCH3 is 1. The molecule has 0 aliphatic heterocycles. The molecule has 19 heavy (non-hydrogen) atoms. The van der Waals surface area contributed by atoms with Crippen molar-refractivity contribution in [3.63, 3.8) is 0 Å². The van der Waals surface area contributed by atoms with Gasteiger partial charge in [-0.1, -0.05) is 12.1 Å². The van der Waals surface area contributed by atoms with Crippen molar-refractivity contribution >= 4 is 15.8 Å². The molecule has 1 atom stereocenters. The van der Waals surface area contributed by atoms with Gasteiger partial charge < -0.3 is 9.47 Å². The fraction of sp³-hybridized carbons (Fsp3) is 0.462. The Kier molecular flexibility index (Phi) is 5.35. The van der Waals surface area contributed by atoms with Crippen molar-refractivity contribution in [1.82, 2.24) is 0 Å². The molecule has 0 radical (unpaired) electrons. The average Bonchev–Trinajstić information content (AvgIpc) is 2.38. The molecule has 1 rings (SSSR count). The van der Waals surface area contributed by atoms with E-state index in [0.29, 0.717) is 0 Å². The van der Waals surface area contributed by atoms with E-state index in [9.17, 15) is 13.2 Å². The van der Waals surface area contributed by atoms with Gasteiger partial charge in [-0.15, -0.1) is 0 Å². The van der Waals surface area contributed by atoms with E-state index in [1.54, 1.807) is 25.1 Å². The Balaban J connectivity index is 3.00. The monoisotopic (exact) mass is 286 g/mol. The van der Waals surface area contributed by atoms with Crippen LogP contribution in [0.25, 0.3) is 0 Å². The van der Waals surface area contributed by atoms with Gasteiger partial charge in [0.2, 0.25) is 0 Å². The van der Waals surface area contributed by atoms with E-state index in [1.807, 2.05) is 0 Å². The Bertz CT molecular complexity index is 536. The van der Waals surface area contributed by atoms with Gasteiger partial charge in [0.15, 0.2) is 9.84 Å². The maximum absolute atomic E-state index is 12.4. The van der Waals surface area contributed by atoms with Crippen LogP contribution in [0.1, 0.15) is 20.3 Å². The van der Waals surface area contributed by atoms with Crippen LogP contribution in [0, 0.1) is 0 Å². The van der Waals surface area contributed by atoms with Crippen molar-refractivity contribution in [1.29, 1.82) is 0 Å². The van der Waals surface area contributed by atoms with E-state index in [1.165, 1.54) is 20.1 Å². The lowest BCUT2D eigenvalue weighted by Crippen LogP contribution is -2.23. The highest BCUT2D eigenvalue weighted by atomic mass is 32.2. The number of carbonyl (C=O) groups excluding carboxylic acids is 1. The molecule has 0 fully saturated rings. The quantitative estimate of drug-likeness (QED) is 0.746. The number of ether oxygens (including phenoxy) is 2. The van der Waals surface area contributed by atoms with E-state index in [-0.39, 0.29) is 23.7 Å². The number of para-hydroxylation sites is 1. The summed E-state index contributed by atoms with van der Waals surface area (Å²) in [6.07, 6.45) is -0.172. The topological polar surface area (TPSA) is 69.7 Å². The van der Waals surface area contributed by atoms with E-state index < -0.39 is 21.1 Å². The Morgan fingerprint density at radius 2 is 1.95 bits per heavy atom. The summed E-state index contributed by atoms with van der Waals surface area (Å²) in [6.45, 7) is 3.40. The normalized spacial score (nSPS) is 12.8. The molecule has 1 aromatic carbocycles. The van der Waals surface area contributed by atoms with Gasteiger partial charge in [-0.3, -0.25) is 4.79 Å². The molecule has 0 saturated carbocycles. The highest BCUT2D eigenvalue weighted by Crippen LogP contribution is 2.27. The van der Waals surface area contributed by atoms with Crippen LogP contribution in [-0.2, 0) is 19.4 Å². The van der Waals surface area contributed by atoms with Crippen molar-refractivity contribution in [2.75, 3.05) is 13.7 Å². The lowest BCUT2D eigenvalue weighted by molar-refractivity contribution is -0.143. The third-order valence-corrected chi connectivity index (χ3v) is 4.84. The van der Waals surface area contributed by atoms with Gasteiger partial charge in [0.05, 0.1) is 25.4 Å². The summed E-state index contributed by atoms with van der Waals surface area (Å²) < 4.78 is 34.5. The molecular weight excluding hydrogens is 268 g/mol. The van der Waals surface area contributed by atoms with Gasteiger partial charge in [0.1, 0.15) is 10.6 Å². The van der Waals surface area contributed by atoms with Crippen LogP contribution in [0.15, 0.2) is 29.2 Å². The van der Waals surface area contributed by atoms with E-state index in [0.717, 1.165) is 0 Å². The summed E-state index contributed by atoms with van der Waals surface area (Å²) in [5, 5.41) is -0.858. The van der Waals surface area contributed by atoms with E-state index >= 15 is 0 Å². The van der Waals surface area contributed by atoms with Gasteiger partial charge >= 0.3 is 5.97 Å². The first kappa shape index (κ1) is 15.5. The Labute approximate surface area is 113 Å². The first-order chi connectivity index (χ1) is 8.93. The predicted molar refractivity (Wildman–Crippen MR) is 70.9 cm³/mol. The van der Waals surface area contributed by atoms with Gasteiger partial charge in [-0.25, -0.2) is 8.42 Å². The second-order valence-electron chi connectivity index (χ2n) is 4.02. The number of esters is 1. The molecule has 1 aromatic rings. The average molecular weight is 286 g/mol. The zero-order chi connectivity index (χ0) is 14.5. The van der Waals surface area contributed by atoms with Crippen LogP contribution in [-0.4, -0.2) is 33.4 Å². The zero-order valence-electron chi connectivity index (χ0n) is 11.3. The SMILES string of the molecule is CCOC(=O)CC(C)S(=O)(=O)c1ccccc1OC. The minimum Gasteiger partial charge on any atom is -0.495 e. The molecule has 0 bridgehead atoms. The van der Waals surface area contributed by atoms with Crippen molar-refractivity contribution in [2.45, 2.75) is 30.4 Å². The smallest absolute Gasteiger partial charge is 0.307 e. The zero-order valence-corrected chi connectivity index (χ0v) is 12.1. The first-order valence-corrected chi connectivity index (χ1v) is 7.50. The highest BCUT2D eigenvalue weighted by Gasteiger charge is 2.28. The molecule has 106 valence electrons. The van der Waals surface area contributed by atoms with Crippen LogP contribution in [0.3, 0.4) is 0 Å². The van der Waals surface area contributed by atoms with Gasteiger partial charge in [0, 0.05) is 0 Å². The van der Waals surface area contributed by atoms with Gasteiger partial charge in [-0.2, -0.15) is 0 Å². The molecule has 0 amide bonds. The van der Waals surface area contributed by atoms with Crippen molar-refractivity contribution in [3.05, 3.63) is 24.3 Å². The van der Waals surface area contributed by atoms with Crippen LogP contribution in [0.5, 0.6) is 5.75 Å². The largest absolute Gasteiger partial charge is 0.495 e. The lowest BCUT2D eigenvalue weighted by atomic mass is 10.3. The summed E-state index contributed by atoms with van der Waals surface area (Å²) in [7, 11) is -2.21. The number of hydrogen-bond donors (Lipinski definition) is 0. The second-order valence-corrected chi connectivity index (χ2v) is 6.35. The summed E-state index contributed by atoms with van der Waals surface area (Å²) in [6, 6.07) is 6.35. The Hall–Kier alpha value is -1.56. The highest BCUT2D eigenvalue weighted by molar-refractivity contribution is 7.92. The fourth-order valence-corrected chi connectivity index (χ4v) is 3.12. The molecule has 5 nitrogen and oxygen atoms in total. The van der Waals surface area contributed by atoms with Crippen LogP contribution in [0.2, 0.25) is 0 Å². The Morgan fingerprint density at radius 3 is 2.53 bits per heavy atom. The number of rotatable bonds is 6. The summed E-state index contributed by atoms with van der Waals surface area (Å²) in [5.74, 6) is -0.244. The van der Waals surface area contributed by atoms with Gasteiger partial charge in [-0.05, 0) is 26.0 Å². The van der Waals surface area contributed by atoms with Crippen molar-refractivity contribution in [3.8, 4) is 5.75 Å². The minimum atomic E-state index is -3.62. The third-order valence-electron chi connectivity index (χ3n) is 2.66.